The number of nitrogens with zero attached hydrogens (tertiary/aromatic N) is 4. The third-order valence-corrected chi connectivity index (χ3v) is 3.88. The number of amides is 1. The summed E-state index contributed by atoms with van der Waals surface area (Å²) in [5.74, 6) is -1.09. The number of pyridine rings is 2. The standard InChI is InChI=1S/C18H19FN4O/c1-11-8-12(2)20-14(9-11)10-22(4)18(24)16-17(19)23-13(3)6-5-7-15(23)21-16/h5-9H,10H2,1-4H3. The molecule has 0 aliphatic rings. The maximum Gasteiger partial charge on any atom is 0.277 e. The quantitative estimate of drug-likeness (QED) is 0.743. The molecule has 3 rings (SSSR count). The highest BCUT2D eigenvalue weighted by Crippen LogP contribution is 2.16. The molecular formula is C18H19FN4O. The molecule has 6 heteroatoms. The van der Waals surface area contributed by atoms with Crippen molar-refractivity contribution in [1.82, 2.24) is 19.3 Å². The molecule has 3 heterocycles. The van der Waals surface area contributed by atoms with E-state index in [2.05, 4.69) is 9.97 Å². The summed E-state index contributed by atoms with van der Waals surface area (Å²) in [6, 6.07) is 9.12. The number of carbonyl (C=O) groups is 1. The normalized spacial score (nSPS) is 11.0. The van der Waals surface area contributed by atoms with Crippen LogP contribution in [0.2, 0.25) is 0 Å². The maximum absolute atomic E-state index is 14.6. The van der Waals surface area contributed by atoms with E-state index >= 15 is 0 Å². The fraction of sp³-hybridized carbons (Fsp3) is 0.278. The molecule has 0 unspecified atom stereocenters. The van der Waals surface area contributed by atoms with Crippen molar-refractivity contribution >= 4 is 11.6 Å². The van der Waals surface area contributed by atoms with Gasteiger partial charge in [0.2, 0.25) is 5.95 Å². The van der Waals surface area contributed by atoms with Gasteiger partial charge in [-0.3, -0.25) is 14.2 Å². The lowest BCUT2D eigenvalue weighted by atomic mass is 10.2. The van der Waals surface area contributed by atoms with Crippen LogP contribution in [-0.2, 0) is 6.54 Å². The van der Waals surface area contributed by atoms with Crippen LogP contribution in [0.3, 0.4) is 0 Å². The Morgan fingerprint density at radius 3 is 2.62 bits per heavy atom. The minimum absolute atomic E-state index is 0.170. The number of halogens is 1. The Bertz CT molecular complexity index is 912. The maximum atomic E-state index is 14.6. The zero-order chi connectivity index (χ0) is 17.4. The van der Waals surface area contributed by atoms with Crippen molar-refractivity contribution < 1.29 is 9.18 Å². The van der Waals surface area contributed by atoms with Crippen molar-refractivity contribution in [3.8, 4) is 0 Å². The van der Waals surface area contributed by atoms with Crippen LogP contribution >= 0.6 is 0 Å². The SMILES string of the molecule is Cc1cc(C)nc(CN(C)C(=O)c2nc3cccc(C)n3c2F)c1. The van der Waals surface area contributed by atoms with Crippen molar-refractivity contribution in [1.29, 1.82) is 0 Å². The molecule has 0 fully saturated rings. The monoisotopic (exact) mass is 326 g/mol. The average Bonchev–Trinajstić information content (AvgIpc) is 2.83. The molecule has 0 atom stereocenters. The second kappa shape index (κ2) is 6.03. The van der Waals surface area contributed by atoms with Crippen LogP contribution in [-0.4, -0.2) is 32.2 Å². The fourth-order valence-electron chi connectivity index (χ4n) is 2.85. The molecule has 0 radical (unpaired) electrons. The van der Waals surface area contributed by atoms with Gasteiger partial charge in [0, 0.05) is 18.4 Å². The highest BCUT2D eigenvalue weighted by Gasteiger charge is 2.23. The summed E-state index contributed by atoms with van der Waals surface area (Å²) >= 11 is 0. The number of imidazole rings is 1. The third kappa shape index (κ3) is 2.87. The molecule has 3 aromatic heterocycles. The predicted octanol–water partition coefficient (Wildman–Crippen LogP) is 3.07. The van der Waals surface area contributed by atoms with Gasteiger partial charge in [0.05, 0.1) is 12.2 Å². The number of aryl methyl sites for hydroxylation is 3. The van der Waals surface area contributed by atoms with E-state index < -0.39 is 11.9 Å². The molecule has 124 valence electrons. The lowest BCUT2D eigenvalue weighted by Crippen LogP contribution is -2.28. The highest BCUT2D eigenvalue weighted by atomic mass is 19.1. The predicted molar refractivity (Wildman–Crippen MR) is 89.4 cm³/mol. The van der Waals surface area contributed by atoms with Crippen molar-refractivity contribution in [3.63, 3.8) is 0 Å². The summed E-state index contributed by atoms with van der Waals surface area (Å²) < 4.78 is 15.9. The molecule has 0 spiro atoms. The molecule has 0 aliphatic heterocycles. The van der Waals surface area contributed by atoms with Crippen molar-refractivity contribution in [2.75, 3.05) is 7.05 Å². The van der Waals surface area contributed by atoms with Crippen molar-refractivity contribution in [2.24, 2.45) is 0 Å². The molecule has 5 nitrogen and oxygen atoms in total. The Hall–Kier alpha value is -2.76. The van der Waals surface area contributed by atoms with E-state index in [-0.39, 0.29) is 5.69 Å². The summed E-state index contributed by atoms with van der Waals surface area (Å²) in [6.07, 6.45) is 0. The van der Waals surface area contributed by atoms with Crippen molar-refractivity contribution in [2.45, 2.75) is 27.3 Å². The third-order valence-electron chi connectivity index (χ3n) is 3.88. The summed E-state index contributed by atoms with van der Waals surface area (Å²) in [5, 5.41) is 0. The summed E-state index contributed by atoms with van der Waals surface area (Å²) in [7, 11) is 1.62. The van der Waals surface area contributed by atoms with Crippen LogP contribution < -0.4 is 0 Å². The van der Waals surface area contributed by atoms with E-state index in [0.29, 0.717) is 17.9 Å². The topological polar surface area (TPSA) is 50.5 Å². The Balaban J connectivity index is 1.91. The van der Waals surface area contributed by atoms with Crippen molar-refractivity contribution in [3.05, 3.63) is 64.6 Å². The van der Waals surface area contributed by atoms with Gasteiger partial charge in [0.15, 0.2) is 5.69 Å². The molecule has 0 aliphatic carbocycles. The van der Waals surface area contributed by atoms with Crippen LogP contribution in [0.5, 0.6) is 0 Å². The van der Waals surface area contributed by atoms with Gasteiger partial charge in [0.1, 0.15) is 5.65 Å². The van der Waals surface area contributed by atoms with E-state index in [1.807, 2.05) is 26.0 Å². The molecule has 0 saturated carbocycles. The number of hydrogen-bond acceptors (Lipinski definition) is 3. The lowest BCUT2D eigenvalue weighted by molar-refractivity contribution is 0.0773. The van der Waals surface area contributed by atoms with Gasteiger partial charge in [0.25, 0.3) is 5.91 Å². The first-order valence-electron chi connectivity index (χ1n) is 7.70. The number of rotatable bonds is 3. The molecular weight excluding hydrogens is 307 g/mol. The van der Waals surface area contributed by atoms with Gasteiger partial charge in [-0.1, -0.05) is 6.07 Å². The minimum Gasteiger partial charge on any atom is -0.334 e. The number of fused-ring (bicyclic) bond motifs is 1. The van der Waals surface area contributed by atoms with E-state index in [1.165, 1.54) is 9.30 Å². The fourth-order valence-corrected chi connectivity index (χ4v) is 2.85. The molecule has 0 saturated heterocycles. The summed E-state index contributed by atoms with van der Waals surface area (Å²) in [5.41, 5.74) is 3.68. The zero-order valence-corrected chi connectivity index (χ0v) is 14.2. The first-order valence-corrected chi connectivity index (χ1v) is 7.70. The molecule has 1 amide bonds. The first kappa shape index (κ1) is 16.1. The van der Waals surface area contributed by atoms with Gasteiger partial charge in [-0.15, -0.1) is 0 Å². The molecule has 3 aromatic rings. The zero-order valence-electron chi connectivity index (χ0n) is 14.2. The Morgan fingerprint density at radius 1 is 1.21 bits per heavy atom. The van der Waals surface area contributed by atoms with Gasteiger partial charge in [-0.2, -0.15) is 4.39 Å². The number of carbonyl (C=O) groups excluding carboxylic acids is 1. The largest absolute Gasteiger partial charge is 0.334 e. The molecule has 0 aromatic carbocycles. The second-order valence-electron chi connectivity index (χ2n) is 6.05. The average molecular weight is 326 g/mol. The summed E-state index contributed by atoms with van der Waals surface area (Å²) in [4.78, 5) is 22.6. The van der Waals surface area contributed by atoms with Gasteiger partial charge >= 0.3 is 0 Å². The van der Waals surface area contributed by atoms with E-state index in [9.17, 15) is 9.18 Å². The summed E-state index contributed by atoms with van der Waals surface area (Å²) in [6.45, 7) is 5.95. The Labute approximate surface area is 139 Å². The highest BCUT2D eigenvalue weighted by molar-refractivity contribution is 5.93. The second-order valence-corrected chi connectivity index (χ2v) is 6.05. The van der Waals surface area contributed by atoms with Gasteiger partial charge < -0.3 is 4.90 Å². The van der Waals surface area contributed by atoms with Crippen LogP contribution in [0.25, 0.3) is 5.65 Å². The Kier molecular flexibility index (Phi) is 4.05. The van der Waals surface area contributed by atoms with Crippen LogP contribution in [0.1, 0.15) is 33.1 Å². The smallest absolute Gasteiger partial charge is 0.277 e. The number of aromatic nitrogens is 3. The van der Waals surface area contributed by atoms with Crippen LogP contribution in [0.4, 0.5) is 4.39 Å². The van der Waals surface area contributed by atoms with Gasteiger partial charge in [-0.25, -0.2) is 4.98 Å². The van der Waals surface area contributed by atoms with Gasteiger partial charge in [-0.05, 0) is 50.6 Å². The lowest BCUT2D eigenvalue weighted by Gasteiger charge is -2.16. The minimum atomic E-state index is -0.631. The first-order chi connectivity index (χ1) is 11.4. The van der Waals surface area contributed by atoms with Crippen LogP contribution in [0, 0.1) is 26.7 Å². The van der Waals surface area contributed by atoms with E-state index in [0.717, 1.165) is 17.0 Å². The molecule has 24 heavy (non-hydrogen) atoms. The molecule has 0 bridgehead atoms. The van der Waals surface area contributed by atoms with Crippen LogP contribution in [0.15, 0.2) is 30.3 Å². The molecule has 0 N–H and O–H groups in total. The number of hydrogen-bond donors (Lipinski definition) is 0. The Morgan fingerprint density at radius 2 is 1.96 bits per heavy atom. The van der Waals surface area contributed by atoms with E-state index in [1.54, 1.807) is 32.2 Å². The van der Waals surface area contributed by atoms with E-state index in [4.69, 9.17) is 0 Å².